The van der Waals surface area contributed by atoms with Gasteiger partial charge in [0.05, 0.1) is 0 Å². The van der Waals surface area contributed by atoms with E-state index in [1.807, 2.05) is 13.8 Å². The van der Waals surface area contributed by atoms with Gasteiger partial charge in [-0.2, -0.15) is 0 Å². The Morgan fingerprint density at radius 3 is 2.36 bits per heavy atom. The Morgan fingerprint density at radius 2 is 2.09 bits per heavy atom. The van der Waals surface area contributed by atoms with Crippen LogP contribution in [0.25, 0.3) is 0 Å². The second-order valence-corrected chi connectivity index (χ2v) is 2.41. The molecule has 5 N–H and O–H groups in total. The fourth-order valence-electron chi connectivity index (χ4n) is 0.905. The number of hydrogen-bond donors (Lipinski definition) is 3. The highest BCUT2D eigenvalue weighted by atomic mass is 16.1. The highest BCUT2D eigenvalue weighted by Crippen LogP contribution is 2.06. The quantitative estimate of drug-likeness (QED) is 0.305. The van der Waals surface area contributed by atoms with Crippen molar-refractivity contribution >= 4 is 5.91 Å². The van der Waals surface area contributed by atoms with Gasteiger partial charge in [-0.3, -0.25) is 10.6 Å². The first-order valence-electron chi connectivity index (χ1n) is 3.59. The lowest BCUT2D eigenvalue weighted by Crippen LogP contribution is -2.32. The molecule has 0 saturated carbocycles. The SMILES string of the molecule is CCC/C(C)=C(\NN)C(N)=O. The number of carbonyl (C=O) groups excluding carboxylic acids is 1. The number of rotatable bonds is 4. The molecule has 0 spiro atoms. The van der Waals surface area contributed by atoms with Crippen LogP contribution in [0.15, 0.2) is 11.3 Å². The fourth-order valence-corrected chi connectivity index (χ4v) is 0.905. The van der Waals surface area contributed by atoms with Crippen LogP contribution in [0.5, 0.6) is 0 Å². The molecule has 0 fully saturated rings. The number of nitrogens with two attached hydrogens (primary N) is 2. The highest BCUT2D eigenvalue weighted by molar-refractivity contribution is 5.91. The van der Waals surface area contributed by atoms with Crippen LogP contribution in [0.1, 0.15) is 26.7 Å². The molecule has 0 aromatic heterocycles. The first-order valence-corrected chi connectivity index (χ1v) is 3.59. The van der Waals surface area contributed by atoms with Crippen LogP contribution in [-0.4, -0.2) is 5.91 Å². The Kier molecular flexibility index (Phi) is 4.29. The van der Waals surface area contributed by atoms with Gasteiger partial charge in [0.1, 0.15) is 5.70 Å². The van der Waals surface area contributed by atoms with Crippen LogP contribution in [0.2, 0.25) is 0 Å². The van der Waals surface area contributed by atoms with Crippen molar-refractivity contribution in [3.05, 3.63) is 11.3 Å². The molecule has 0 atom stereocenters. The van der Waals surface area contributed by atoms with Crippen LogP contribution in [0.4, 0.5) is 0 Å². The van der Waals surface area contributed by atoms with Gasteiger partial charge in [-0.25, -0.2) is 0 Å². The molecule has 0 unspecified atom stereocenters. The maximum absolute atomic E-state index is 10.7. The van der Waals surface area contributed by atoms with Crippen molar-refractivity contribution in [3.63, 3.8) is 0 Å². The van der Waals surface area contributed by atoms with E-state index >= 15 is 0 Å². The minimum Gasteiger partial charge on any atom is -0.364 e. The summed E-state index contributed by atoms with van der Waals surface area (Å²) in [5, 5.41) is 0. The normalized spacial score (nSPS) is 12.3. The van der Waals surface area contributed by atoms with Crippen LogP contribution < -0.4 is 17.0 Å². The van der Waals surface area contributed by atoms with Crippen molar-refractivity contribution in [2.75, 3.05) is 0 Å². The Hall–Kier alpha value is -1.03. The molecule has 11 heavy (non-hydrogen) atoms. The molecule has 0 heterocycles. The van der Waals surface area contributed by atoms with Gasteiger partial charge in [0.2, 0.25) is 0 Å². The van der Waals surface area contributed by atoms with Crippen molar-refractivity contribution in [1.29, 1.82) is 0 Å². The number of primary amides is 1. The zero-order valence-electron chi connectivity index (χ0n) is 6.98. The maximum Gasteiger partial charge on any atom is 0.266 e. The van der Waals surface area contributed by atoms with Crippen LogP contribution in [0, 0.1) is 0 Å². The van der Waals surface area contributed by atoms with E-state index in [2.05, 4.69) is 5.43 Å². The first kappa shape index (κ1) is 9.97. The van der Waals surface area contributed by atoms with Crippen molar-refractivity contribution in [3.8, 4) is 0 Å². The maximum atomic E-state index is 10.7. The van der Waals surface area contributed by atoms with Gasteiger partial charge >= 0.3 is 0 Å². The highest BCUT2D eigenvalue weighted by Gasteiger charge is 2.05. The minimum absolute atomic E-state index is 0.326. The predicted molar refractivity (Wildman–Crippen MR) is 44.1 cm³/mol. The molecule has 0 bridgehead atoms. The topological polar surface area (TPSA) is 81.1 Å². The zero-order valence-corrected chi connectivity index (χ0v) is 6.98. The van der Waals surface area contributed by atoms with Crippen molar-refractivity contribution in [2.24, 2.45) is 11.6 Å². The standard InChI is InChI=1S/C7H15N3O/c1-3-4-5(2)6(10-9)7(8)11/h10H,3-4,9H2,1-2H3,(H2,8,11)/b6-5-. The van der Waals surface area contributed by atoms with E-state index in [0.717, 1.165) is 18.4 Å². The molecule has 1 amide bonds. The van der Waals surface area contributed by atoms with E-state index in [-0.39, 0.29) is 0 Å². The molecule has 0 radical (unpaired) electrons. The lowest BCUT2D eigenvalue weighted by Gasteiger charge is -2.06. The molecular weight excluding hydrogens is 142 g/mol. The van der Waals surface area contributed by atoms with Crippen molar-refractivity contribution in [1.82, 2.24) is 5.43 Å². The summed E-state index contributed by atoms with van der Waals surface area (Å²) in [5.74, 6) is 4.59. The first-order chi connectivity index (χ1) is 5.13. The van der Waals surface area contributed by atoms with E-state index in [1.165, 1.54) is 0 Å². The summed E-state index contributed by atoms with van der Waals surface area (Å²) in [6, 6.07) is 0. The smallest absolute Gasteiger partial charge is 0.266 e. The summed E-state index contributed by atoms with van der Waals surface area (Å²) < 4.78 is 0. The summed E-state index contributed by atoms with van der Waals surface area (Å²) in [6.45, 7) is 3.86. The molecule has 0 saturated heterocycles. The third kappa shape index (κ3) is 3.04. The second kappa shape index (κ2) is 4.73. The third-order valence-corrected chi connectivity index (χ3v) is 1.44. The van der Waals surface area contributed by atoms with Gasteiger partial charge in [0, 0.05) is 0 Å². The number of allylic oxidation sites excluding steroid dienone is 1. The molecule has 0 aliphatic carbocycles. The average molecular weight is 157 g/mol. The summed E-state index contributed by atoms with van der Waals surface area (Å²) in [4.78, 5) is 10.7. The summed E-state index contributed by atoms with van der Waals surface area (Å²) >= 11 is 0. The number of hydrogen-bond acceptors (Lipinski definition) is 3. The third-order valence-electron chi connectivity index (χ3n) is 1.44. The Bertz CT molecular complexity index is 175. The molecule has 4 heteroatoms. The molecule has 0 aromatic rings. The van der Waals surface area contributed by atoms with E-state index in [9.17, 15) is 4.79 Å². The van der Waals surface area contributed by atoms with Gasteiger partial charge < -0.3 is 11.2 Å². The van der Waals surface area contributed by atoms with E-state index in [4.69, 9.17) is 11.6 Å². The van der Waals surface area contributed by atoms with Gasteiger partial charge in [-0.05, 0) is 18.9 Å². The second-order valence-electron chi connectivity index (χ2n) is 2.41. The average Bonchev–Trinajstić information content (AvgIpc) is 1.88. The molecule has 0 aliphatic rings. The number of amides is 1. The van der Waals surface area contributed by atoms with Crippen molar-refractivity contribution < 1.29 is 4.79 Å². The predicted octanol–water partition coefficient (Wildman–Crippen LogP) is 0.00910. The molecule has 4 nitrogen and oxygen atoms in total. The molecule has 64 valence electrons. The van der Waals surface area contributed by atoms with Gasteiger partial charge in [-0.1, -0.05) is 13.3 Å². The number of nitrogens with one attached hydrogen (secondary N) is 1. The molecular formula is C7H15N3O. The lowest BCUT2D eigenvalue weighted by molar-refractivity contribution is -0.115. The van der Waals surface area contributed by atoms with E-state index in [0.29, 0.717) is 5.70 Å². The van der Waals surface area contributed by atoms with Crippen LogP contribution in [-0.2, 0) is 4.79 Å². The van der Waals surface area contributed by atoms with E-state index in [1.54, 1.807) is 0 Å². The zero-order chi connectivity index (χ0) is 8.85. The van der Waals surface area contributed by atoms with Crippen molar-refractivity contribution in [2.45, 2.75) is 26.7 Å². The van der Waals surface area contributed by atoms with E-state index < -0.39 is 5.91 Å². The molecule has 0 rings (SSSR count). The van der Waals surface area contributed by atoms with Gasteiger partial charge in [0.25, 0.3) is 5.91 Å². The summed E-state index contributed by atoms with van der Waals surface area (Å²) in [7, 11) is 0. The molecule has 0 aromatic carbocycles. The summed E-state index contributed by atoms with van der Waals surface area (Å²) in [5.41, 5.74) is 8.56. The number of carbonyl (C=O) groups is 1. The van der Waals surface area contributed by atoms with Crippen LogP contribution >= 0.6 is 0 Å². The minimum atomic E-state index is -0.501. The number of hydrazine groups is 1. The monoisotopic (exact) mass is 157 g/mol. The summed E-state index contributed by atoms with van der Waals surface area (Å²) in [6.07, 6.45) is 1.81. The molecule has 0 aliphatic heterocycles. The Morgan fingerprint density at radius 1 is 1.55 bits per heavy atom. The Labute approximate surface area is 66.6 Å². The lowest BCUT2D eigenvalue weighted by atomic mass is 10.1. The van der Waals surface area contributed by atoms with Crippen LogP contribution in [0.3, 0.4) is 0 Å². The largest absolute Gasteiger partial charge is 0.364 e. The van der Waals surface area contributed by atoms with Gasteiger partial charge in [0.15, 0.2) is 0 Å². The van der Waals surface area contributed by atoms with Gasteiger partial charge in [-0.15, -0.1) is 0 Å². The Balaban J connectivity index is 4.40. The fraction of sp³-hybridized carbons (Fsp3) is 0.571.